The molecular formula is C21H28O5. The van der Waals surface area contributed by atoms with Crippen LogP contribution in [0, 0.1) is 11.8 Å². The molecule has 2 N–H and O–H groups in total. The minimum absolute atomic E-state index is 0.141. The zero-order valence-corrected chi connectivity index (χ0v) is 15.0. The lowest BCUT2D eigenvalue weighted by Crippen LogP contribution is -2.30. The Kier molecular flexibility index (Phi) is 6.83. The summed E-state index contributed by atoms with van der Waals surface area (Å²) in [6.07, 6.45) is 7.32. The number of hydrogen-bond acceptors (Lipinski definition) is 4. The molecule has 2 bridgehead atoms. The van der Waals surface area contributed by atoms with E-state index in [2.05, 4.69) is 6.08 Å². The molecule has 2 saturated heterocycles. The van der Waals surface area contributed by atoms with E-state index in [1.165, 1.54) is 0 Å². The smallest absolute Gasteiger partial charge is 0.303 e. The van der Waals surface area contributed by atoms with Crippen molar-refractivity contribution in [3.63, 3.8) is 0 Å². The zero-order valence-electron chi connectivity index (χ0n) is 15.0. The van der Waals surface area contributed by atoms with Gasteiger partial charge >= 0.3 is 5.97 Å². The fourth-order valence-corrected chi connectivity index (χ4v) is 4.02. The Morgan fingerprint density at radius 2 is 2.04 bits per heavy atom. The van der Waals surface area contributed by atoms with Crippen LogP contribution in [0.2, 0.25) is 0 Å². The fraction of sp³-hybridized carbons (Fsp3) is 0.571. The Bertz CT molecular complexity index is 600. The summed E-state index contributed by atoms with van der Waals surface area (Å²) in [7, 11) is 0. The lowest BCUT2D eigenvalue weighted by Gasteiger charge is -2.25. The molecule has 0 saturated carbocycles. The lowest BCUT2D eigenvalue weighted by atomic mass is 9.79. The van der Waals surface area contributed by atoms with Crippen LogP contribution in [0.4, 0.5) is 0 Å². The van der Waals surface area contributed by atoms with Crippen LogP contribution in [0.3, 0.4) is 0 Å². The molecule has 5 atom stereocenters. The molecule has 2 heterocycles. The number of fused-ring (bicyclic) bond motifs is 2. The molecule has 2 aliphatic rings. The topological polar surface area (TPSA) is 76.0 Å². The first-order chi connectivity index (χ1) is 12.6. The van der Waals surface area contributed by atoms with Crippen molar-refractivity contribution >= 4 is 5.97 Å². The second-order valence-corrected chi connectivity index (χ2v) is 7.25. The summed E-state index contributed by atoms with van der Waals surface area (Å²) < 4.78 is 11.7. The van der Waals surface area contributed by atoms with Crippen molar-refractivity contribution in [1.82, 2.24) is 0 Å². The SMILES string of the molecule is O=C(O)CCCOC[C@@H]1[C@H](C=CC(O)Cc2ccccc2)[C@@H]2CC[C@H]1O2. The Morgan fingerprint density at radius 1 is 1.27 bits per heavy atom. The third kappa shape index (κ3) is 5.16. The summed E-state index contributed by atoms with van der Waals surface area (Å²) in [5.74, 6) is -0.234. The normalized spacial score (nSPS) is 28.7. The molecule has 0 amide bonds. The molecule has 5 heteroatoms. The summed E-state index contributed by atoms with van der Waals surface area (Å²) in [4.78, 5) is 10.5. The predicted octanol–water partition coefficient (Wildman–Crippen LogP) is 2.82. The highest BCUT2D eigenvalue weighted by molar-refractivity contribution is 5.66. The number of hydrogen-bond donors (Lipinski definition) is 2. The number of aliphatic hydroxyl groups excluding tert-OH is 1. The van der Waals surface area contributed by atoms with Gasteiger partial charge < -0.3 is 19.7 Å². The molecule has 0 aromatic heterocycles. The fourth-order valence-electron chi connectivity index (χ4n) is 4.02. The maximum Gasteiger partial charge on any atom is 0.303 e. The maximum atomic E-state index is 10.5. The van der Waals surface area contributed by atoms with E-state index in [9.17, 15) is 9.90 Å². The minimum atomic E-state index is -0.787. The monoisotopic (exact) mass is 360 g/mol. The average molecular weight is 360 g/mol. The molecule has 0 spiro atoms. The molecule has 0 aliphatic carbocycles. The van der Waals surface area contributed by atoms with Gasteiger partial charge in [-0.05, 0) is 24.8 Å². The van der Waals surface area contributed by atoms with Crippen LogP contribution in [0.15, 0.2) is 42.5 Å². The summed E-state index contributed by atoms with van der Waals surface area (Å²) in [5.41, 5.74) is 1.12. The Hall–Kier alpha value is -1.69. The molecule has 1 aromatic rings. The van der Waals surface area contributed by atoms with Gasteiger partial charge in [-0.25, -0.2) is 0 Å². The first-order valence-corrected chi connectivity index (χ1v) is 9.49. The highest BCUT2D eigenvalue weighted by atomic mass is 16.5. The molecule has 5 nitrogen and oxygen atoms in total. The van der Waals surface area contributed by atoms with E-state index in [0.29, 0.717) is 32.0 Å². The van der Waals surface area contributed by atoms with E-state index < -0.39 is 12.1 Å². The number of aliphatic carboxylic acids is 1. The van der Waals surface area contributed by atoms with Crippen molar-refractivity contribution < 1.29 is 24.5 Å². The molecular weight excluding hydrogens is 332 g/mol. The number of carbonyl (C=O) groups is 1. The summed E-state index contributed by atoms with van der Waals surface area (Å²) >= 11 is 0. The molecule has 1 unspecified atom stereocenters. The van der Waals surface area contributed by atoms with Gasteiger partial charge in [0, 0.05) is 31.3 Å². The van der Waals surface area contributed by atoms with E-state index in [4.69, 9.17) is 14.6 Å². The Labute approximate surface area is 154 Å². The van der Waals surface area contributed by atoms with E-state index in [1.54, 1.807) is 0 Å². The molecule has 2 aliphatic heterocycles. The predicted molar refractivity (Wildman–Crippen MR) is 97.9 cm³/mol. The second-order valence-electron chi connectivity index (χ2n) is 7.25. The van der Waals surface area contributed by atoms with Gasteiger partial charge in [-0.1, -0.05) is 42.5 Å². The number of carboxylic acids is 1. The maximum absolute atomic E-state index is 10.5. The van der Waals surface area contributed by atoms with Crippen molar-refractivity contribution in [2.75, 3.05) is 13.2 Å². The van der Waals surface area contributed by atoms with Gasteiger partial charge in [0.1, 0.15) is 0 Å². The van der Waals surface area contributed by atoms with Crippen molar-refractivity contribution in [3.8, 4) is 0 Å². The van der Waals surface area contributed by atoms with Crippen molar-refractivity contribution in [1.29, 1.82) is 0 Å². The highest BCUT2D eigenvalue weighted by Gasteiger charge is 2.47. The van der Waals surface area contributed by atoms with Gasteiger partial charge in [-0.3, -0.25) is 4.79 Å². The van der Waals surface area contributed by atoms with Gasteiger partial charge in [-0.15, -0.1) is 0 Å². The van der Waals surface area contributed by atoms with Gasteiger partial charge in [0.2, 0.25) is 0 Å². The molecule has 2 fully saturated rings. The molecule has 1 aromatic carbocycles. The highest BCUT2D eigenvalue weighted by Crippen LogP contribution is 2.44. The van der Waals surface area contributed by atoms with E-state index in [-0.39, 0.29) is 24.5 Å². The Balaban J connectivity index is 1.49. The minimum Gasteiger partial charge on any atom is -0.481 e. The number of rotatable bonds is 10. The quantitative estimate of drug-likeness (QED) is 0.496. The Morgan fingerprint density at radius 3 is 2.81 bits per heavy atom. The molecule has 142 valence electrons. The number of carboxylic acid groups (broad SMARTS) is 1. The van der Waals surface area contributed by atoms with Gasteiger partial charge in [-0.2, -0.15) is 0 Å². The van der Waals surface area contributed by atoms with Crippen molar-refractivity contribution in [3.05, 3.63) is 48.0 Å². The van der Waals surface area contributed by atoms with Crippen LogP contribution in [0.1, 0.15) is 31.2 Å². The van der Waals surface area contributed by atoms with Gasteiger partial charge in [0.25, 0.3) is 0 Å². The van der Waals surface area contributed by atoms with E-state index in [0.717, 1.165) is 18.4 Å². The number of ether oxygens (including phenoxy) is 2. The van der Waals surface area contributed by atoms with Crippen LogP contribution in [-0.2, 0) is 20.7 Å². The van der Waals surface area contributed by atoms with Crippen LogP contribution >= 0.6 is 0 Å². The molecule has 0 radical (unpaired) electrons. The first kappa shape index (κ1) is 19.1. The number of benzene rings is 1. The van der Waals surface area contributed by atoms with Crippen LogP contribution in [-0.4, -0.2) is 47.7 Å². The summed E-state index contributed by atoms with van der Waals surface area (Å²) in [6, 6.07) is 9.97. The van der Waals surface area contributed by atoms with Crippen LogP contribution in [0.25, 0.3) is 0 Å². The second kappa shape index (κ2) is 9.31. The van der Waals surface area contributed by atoms with Crippen LogP contribution in [0.5, 0.6) is 0 Å². The third-order valence-corrected chi connectivity index (χ3v) is 5.32. The van der Waals surface area contributed by atoms with Crippen molar-refractivity contribution in [2.24, 2.45) is 11.8 Å². The summed E-state index contributed by atoms with van der Waals surface area (Å²) in [6.45, 7) is 1.05. The molecule has 3 rings (SSSR count). The van der Waals surface area contributed by atoms with Crippen molar-refractivity contribution in [2.45, 2.75) is 50.4 Å². The van der Waals surface area contributed by atoms with E-state index >= 15 is 0 Å². The van der Waals surface area contributed by atoms with Crippen LogP contribution < -0.4 is 0 Å². The third-order valence-electron chi connectivity index (χ3n) is 5.32. The number of aliphatic hydroxyl groups is 1. The standard InChI is InChI=1S/C21H28O5/c22-16(13-15-5-2-1-3-6-15)8-9-17-18(20-11-10-19(17)26-20)14-25-12-4-7-21(23)24/h1-3,5-6,8-9,16-20,22H,4,7,10-14H2,(H,23,24)/t16?,17-,18+,19-,20+/m0/s1. The average Bonchev–Trinajstić information content (AvgIpc) is 3.22. The lowest BCUT2D eigenvalue weighted by molar-refractivity contribution is -0.137. The largest absolute Gasteiger partial charge is 0.481 e. The first-order valence-electron chi connectivity index (χ1n) is 9.49. The zero-order chi connectivity index (χ0) is 18.4. The van der Waals surface area contributed by atoms with E-state index in [1.807, 2.05) is 36.4 Å². The molecule has 26 heavy (non-hydrogen) atoms. The van der Waals surface area contributed by atoms with Gasteiger partial charge in [0.05, 0.1) is 24.9 Å². The van der Waals surface area contributed by atoms with Gasteiger partial charge in [0.15, 0.2) is 0 Å². The summed E-state index contributed by atoms with van der Waals surface area (Å²) in [5, 5.41) is 19.0.